The Morgan fingerprint density at radius 3 is 2.62 bits per heavy atom. The second-order valence-corrected chi connectivity index (χ2v) is 9.44. The number of thioether (sulfide) groups is 1. The van der Waals surface area contributed by atoms with Crippen LogP contribution in [0.15, 0.2) is 4.99 Å². The van der Waals surface area contributed by atoms with Crippen LogP contribution in [-0.4, -0.2) is 82.4 Å². The van der Waals surface area contributed by atoms with Gasteiger partial charge in [-0.1, -0.05) is 0 Å². The summed E-state index contributed by atoms with van der Waals surface area (Å²) in [5.74, 6) is 3.31. The molecule has 2 rings (SSSR count). The lowest BCUT2D eigenvalue weighted by molar-refractivity contribution is 0.123. The lowest BCUT2D eigenvalue weighted by atomic mass is 10.4. The zero-order valence-corrected chi connectivity index (χ0v) is 16.1. The number of hydrogen-bond acceptors (Lipinski definition) is 5. The van der Waals surface area contributed by atoms with Crippen molar-refractivity contribution in [2.24, 2.45) is 10.9 Å². The highest BCUT2D eigenvalue weighted by molar-refractivity contribution is 7.99. The molecule has 24 heavy (non-hydrogen) atoms. The van der Waals surface area contributed by atoms with Gasteiger partial charge in [0.1, 0.15) is 0 Å². The molecule has 0 bridgehead atoms. The van der Waals surface area contributed by atoms with Crippen LogP contribution in [0.2, 0.25) is 0 Å². The normalized spacial score (nSPS) is 20.1. The van der Waals surface area contributed by atoms with E-state index >= 15 is 0 Å². The first-order valence-corrected chi connectivity index (χ1v) is 11.5. The van der Waals surface area contributed by atoms with Crippen LogP contribution >= 0.6 is 11.8 Å². The first-order valence-electron chi connectivity index (χ1n) is 8.69. The summed E-state index contributed by atoms with van der Waals surface area (Å²) in [6.45, 7) is 4.02. The second-order valence-electron chi connectivity index (χ2n) is 6.13. The van der Waals surface area contributed by atoms with E-state index < -0.39 is 10.0 Å². The average molecular weight is 379 g/mol. The Kier molecular flexibility index (Phi) is 8.65. The van der Waals surface area contributed by atoms with E-state index in [1.165, 1.54) is 12.8 Å². The number of rotatable bonds is 10. The minimum absolute atomic E-state index is 0.100. The van der Waals surface area contributed by atoms with Crippen molar-refractivity contribution in [2.45, 2.75) is 19.3 Å². The number of nitrogens with zero attached hydrogens (tertiary/aromatic N) is 2. The van der Waals surface area contributed by atoms with Gasteiger partial charge >= 0.3 is 0 Å². The zero-order chi connectivity index (χ0) is 17.3. The van der Waals surface area contributed by atoms with Gasteiger partial charge in [-0.2, -0.15) is 11.8 Å². The van der Waals surface area contributed by atoms with Gasteiger partial charge in [0.25, 0.3) is 0 Å². The summed E-state index contributed by atoms with van der Waals surface area (Å²) in [5.41, 5.74) is 0. The van der Waals surface area contributed by atoms with Gasteiger partial charge in [0.05, 0.1) is 5.75 Å². The van der Waals surface area contributed by atoms with Crippen molar-refractivity contribution in [3.05, 3.63) is 0 Å². The summed E-state index contributed by atoms with van der Waals surface area (Å²) in [6.07, 6.45) is 3.54. The molecule has 2 fully saturated rings. The quantitative estimate of drug-likeness (QED) is 0.324. The summed E-state index contributed by atoms with van der Waals surface area (Å²) < 4.78 is 31.7. The third kappa shape index (κ3) is 7.58. The molecule has 1 saturated heterocycles. The summed E-state index contributed by atoms with van der Waals surface area (Å²) in [4.78, 5) is 4.12. The third-order valence-corrected chi connectivity index (χ3v) is 6.86. The Bertz CT molecular complexity index is 489. The SMILES string of the molecule is CN=C(NCCCOCC1CC1)NCCS(=O)(=O)N1CCSCC1. The average Bonchev–Trinajstić information content (AvgIpc) is 3.41. The zero-order valence-electron chi connectivity index (χ0n) is 14.5. The van der Waals surface area contributed by atoms with Crippen molar-refractivity contribution < 1.29 is 13.2 Å². The number of ether oxygens (including phenoxy) is 1. The fourth-order valence-corrected chi connectivity index (χ4v) is 4.88. The third-order valence-electron chi connectivity index (χ3n) is 4.05. The molecule has 2 aliphatic rings. The standard InChI is InChI=1S/C15H30N4O3S2/c1-16-15(17-5-2-9-22-13-14-3-4-14)18-6-12-24(20,21)19-7-10-23-11-8-19/h14H,2-13H2,1H3,(H2,16,17,18). The van der Waals surface area contributed by atoms with Crippen LogP contribution in [0.5, 0.6) is 0 Å². The predicted octanol–water partition coefficient (Wildman–Crippen LogP) is 0.347. The molecule has 140 valence electrons. The first-order chi connectivity index (χ1) is 11.6. The molecule has 1 aliphatic carbocycles. The Hall–Kier alpha value is -0.510. The fraction of sp³-hybridized carbons (Fsp3) is 0.933. The van der Waals surface area contributed by atoms with Crippen molar-refractivity contribution in [2.75, 3.05) is 63.7 Å². The van der Waals surface area contributed by atoms with E-state index in [1.807, 2.05) is 0 Å². The van der Waals surface area contributed by atoms with E-state index in [2.05, 4.69) is 15.6 Å². The van der Waals surface area contributed by atoms with E-state index in [0.717, 1.165) is 43.6 Å². The monoisotopic (exact) mass is 378 g/mol. The van der Waals surface area contributed by atoms with Crippen molar-refractivity contribution in [3.63, 3.8) is 0 Å². The van der Waals surface area contributed by atoms with Crippen LogP contribution in [-0.2, 0) is 14.8 Å². The number of hydrogen-bond donors (Lipinski definition) is 2. The molecular formula is C15H30N4O3S2. The molecule has 0 unspecified atom stereocenters. The summed E-state index contributed by atoms with van der Waals surface area (Å²) in [5, 5.41) is 6.26. The first kappa shape index (κ1) is 19.8. The molecule has 0 atom stereocenters. The lowest BCUT2D eigenvalue weighted by Crippen LogP contribution is -2.44. The second kappa shape index (κ2) is 10.5. The van der Waals surface area contributed by atoms with Gasteiger partial charge in [-0.3, -0.25) is 4.99 Å². The van der Waals surface area contributed by atoms with Crippen molar-refractivity contribution in [3.8, 4) is 0 Å². The highest BCUT2D eigenvalue weighted by Gasteiger charge is 2.23. The number of aliphatic imine (C=N–C) groups is 1. The molecule has 0 aromatic heterocycles. The molecule has 0 spiro atoms. The Morgan fingerprint density at radius 2 is 1.96 bits per heavy atom. The lowest BCUT2D eigenvalue weighted by Gasteiger charge is -2.25. The minimum atomic E-state index is -3.17. The van der Waals surface area contributed by atoms with Gasteiger partial charge in [-0.15, -0.1) is 0 Å². The minimum Gasteiger partial charge on any atom is -0.381 e. The van der Waals surface area contributed by atoms with E-state index in [0.29, 0.717) is 25.6 Å². The van der Waals surface area contributed by atoms with Gasteiger partial charge in [-0.05, 0) is 25.2 Å². The summed E-state index contributed by atoms with van der Waals surface area (Å²) in [7, 11) is -1.48. The molecule has 2 N–H and O–H groups in total. The van der Waals surface area contributed by atoms with E-state index in [1.54, 1.807) is 23.1 Å². The van der Waals surface area contributed by atoms with Crippen LogP contribution in [0.3, 0.4) is 0 Å². The maximum Gasteiger partial charge on any atom is 0.215 e. The van der Waals surface area contributed by atoms with Crippen LogP contribution < -0.4 is 10.6 Å². The molecule has 0 amide bonds. The van der Waals surface area contributed by atoms with Crippen molar-refractivity contribution >= 4 is 27.7 Å². The van der Waals surface area contributed by atoms with Gasteiger partial charge in [0.15, 0.2) is 5.96 Å². The van der Waals surface area contributed by atoms with Crippen molar-refractivity contribution in [1.82, 2.24) is 14.9 Å². The molecular weight excluding hydrogens is 348 g/mol. The highest BCUT2D eigenvalue weighted by Crippen LogP contribution is 2.28. The van der Waals surface area contributed by atoms with E-state index in [-0.39, 0.29) is 5.75 Å². The molecule has 0 radical (unpaired) electrons. The van der Waals surface area contributed by atoms with Crippen LogP contribution in [0.4, 0.5) is 0 Å². The Labute approximate surface area is 150 Å². The topological polar surface area (TPSA) is 83.0 Å². The van der Waals surface area contributed by atoms with Gasteiger partial charge < -0.3 is 15.4 Å². The number of guanidine groups is 1. The molecule has 9 heteroatoms. The van der Waals surface area contributed by atoms with Crippen molar-refractivity contribution in [1.29, 1.82) is 0 Å². The summed E-state index contributed by atoms with van der Waals surface area (Å²) >= 11 is 1.81. The molecule has 1 aliphatic heterocycles. The van der Waals surface area contributed by atoms with E-state index in [9.17, 15) is 8.42 Å². The molecule has 7 nitrogen and oxygen atoms in total. The van der Waals surface area contributed by atoms with Crippen LogP contribution in [0.1, 0.15) is 19.3 Å². The molecule has 0 aromatic carbocycles. The maximum atomic E-state index is 12.2. The van der Waals surface area contributed by atoms with E-state index in [4.69, 9.17) is 4.74 Å². The molecule has 1 saturated carbocycles. The Morgan fingerprint density at radius 1 is 1.25 bits per heavy atom. The number of sulfonamides is 1. The smallest absolute Gasteiger partial charge is 0.215 e. The van der Waals surface area contributed by atoms with Gasteiger partial charge in [-0.25, -0.2) is 12.7 Å². The fourth-order valence-electron chi connectivity index (χ4n) is 2.39. The molecule has 1 heterocycles. The highest BCUT2D eigenvalue weighted by atomic mass is 32.2. The van der Waals surface area contributed by atoms with Gasteiger partial charge in [0.2, 0.25) is 10.0 Å². The Balaban J connectivity index is 1.55. The predicted molar refractivity (Wildman–Crippen MR) is 100 cm³/mol. The van der Waals surface area contributed by atoms with Gasteiger partial charge in [0, 0.05) is 57.9 Å². The van der Waals surface area contributed by atoms with Crippen LogP contribution in [0, 0.1) is 5.92 Å². The maximum absolute atomic E-state index is 12.2. The molecule has 0 aromatic rings. The summed E-state index contributed by atoms with van der Waals surface area (Å²) in [6, 6.07) is 0. The van der Waals surface area contributed by atoms with Crippen LogP contribution in [0.25, 0.3) is 0 Å². The largest absolute Gasteiger partial charge is 0.381 e. The number of nitrogens with one attached hydrogen (secondary N) is 2.